The Hall–Kier alpha value is -2.26. The second-order valence-electron chi connectivity index (χ2n) is 3.37. The van der Waals surface area contributed by atoms with Gasteiger partial charge in [-0.3, -0.25) is 5.32 Å². The first-order chi connectivity index (χ1) is 8.83. The Morgan fingerprint density at radius 2 is 2.22 bits per heavy atom. The van der Waals surface area contributed by atoms with E-state index >= 15 is 0 Å². The van der Waals surface area contributed by atoms with Crippen LogP contribution in [0.2, 0.25) is 0 Å². The SMILES string of the molecule is CSc1ncc(-c2ccc(N=CNC#N)cc2)[nH]1. The number of hydrogen-bond donors (Lipinski definition) is 2. The summed E-state index contributed by atoms with van der Waals surface area (Å²) in [5.41, 5.74) is 2.81. The van der Waals surface area contributed by atoms with E-state index in [1.807, 2.05) is 30.5 Å². The zero-order chi connectivity index (χ0) is 12.8. The number of imidazole rings is 1. The molecular weight excluding hydrogens is 246 g/mol. The normalized spacial score (nSPS) is 10.4. The highest BCUT2D eigenvalue weighted by Gasteiger charge is 2.01. The van der Waals surface area contributed by atoms with E-state index < -0.39 is 0 Å². The number of aliphatic imine (C=N–C) groups is 1. The van der Waals surface area contributed by atoms with Crippen LogP contribution in [-0.4, -0.2) is 22.6 Å². The molecule has 0 saturated carbocycles. The Labute approximate surface area is 109 Å². The van der Waals surface area contributed by atoms with Crippen LogP contribution in [0.25, 0.3) is 11.3 Å². The number of hydrogen-bond acceptors (Lipinski definition) is 4. The minimum absolute atomic E-state index is 0.783. The number of nitrogens with zero attached hydrogens (tertiary/aromatic N) is 3. The standard InChI is InChI=1S/C12H11N5S/c1-18-12-15-6-11(17-12)9-2-4-10(5-3-9)16-8-14-7-13/h2-6,8H,1H3,(H,14,16)(H,15,17). The maximum Gasteiger partial charge on any atom is 0.182 e. The van der Waals surface area contributed by atoms with Gasteiger partial charge < -0.3 is 4.98 Å². The topological polar surface area (TPSA) is 76.9 Å². The lowest BCUT2D eigenvalue weighted by atomic mass is 10.1. The molecule has 0 bridgehead atoms. The van der Waals surface area contributed by atoms with E-state index in [4.69, 9.17) is 5.26 Å². The van der Waals surface area contributed by atoms with Crippen molar-refractivity contribution in [2.75, 3.05) is 6.26 Å². The molecule has 0 unspecified atom stereocenters. The summed E-state index contributed by atoms with van der Waals surface area (Å²) in [5, 5.41) is 11.5. The highest BCUT2D eigenvalue weighted by molar-refractivity contribution is 7.98. The number of benzene rings is 1. The molecule has 0 aliphatic carbocycles. The molecule has 0 aliphatic heterocycles. The first kappa shape index (κ1) is 12.2. The molecular formula is C12H11N5S. The van der Waals surface area contributed by atoms with E-state index in [-0.39, 0.29) is 0 Å². The predicted molar refractivity (Wildman–Crippen MR) is 72.7 cm³/mol. The van der Waals surface area contributed by atoms with E-state index in [2.05, 4.69) is 20.3 Å². The lowest BCUT2D eigenvalue weighted by Gasteiger charge is -1.98. The van der Waals surface area contributed by atoms with Gasteiger partial charge in [-0.25, -0.2) is 9.98 Å². The number of nitrogens with one attached hydrogen (secondary N) is 2. The van der Waals surface area contributed by atoms with Gasteiger partial charge in [-0.15, -0.1) is 0 Å². The maximum absolute atomic E-state index is 8.30. The second-order valence-corrected chi connectivity index (χ2v) is 4.16. The van der Waals surface area contributed by atoms with Crippen LogP contribution in [0.3, 0.4) is 0 Å². The van der Waals surface area contributed by atoms with Gasteiger partial charge in [0, 0.05) is 0 Å². The van der Waals surface area contributed by atoms with Crippen LogP contribution in [0.1, 0.15) is 0 Å². The van der Waals surface area contributed by atoms with Gasteiger partial charge in [0.1, 0.15) is 6.34 Å². The van der Waals surface area contributed by atoms with Crippen molar-refractivity contribution in [1.29, 1.82) is 5.26 Å². The molecule has 1 heterocycles. The fraction of sp³-hybridized carbons (Fsp3) is 0.0833. The van der Waals surface area contributed by atoms with Gasteiger partial charge in [-0.2, -0.15) is 5.26 Å². The molecule has 1 aromatic carbocycles. The quantitative estimate of drug-likeness (QED) is 0.290. The molecule has 0 fully saturated rings. The molecule has 90 valence electrons. The van der Waals surface area contributed by atoms with E-state index in [1.54, 1.807) is 24.2 Å². The zero-order valence-corrected chi connectivity index (χ0v) is 10.5. The van der Waals surface area contributed by atoms with Crippen molar-refractivity contribution in [3.05, 3.63) is 30.5 Å². The van der Waals surface area contributed by atoms with Crippen molar-refractivity contribution >= 4 is 23.8 Å². The first-order valence-electron chi connectivity index (χ1n) is 5.20. The largest absolute Gasteiger partial charge is 0.333 e. The number of aromatic nitrogens is 2. The van der Waals surface area contributed by atoms with Gasteiger partial charge in [0.25, 0.3) is 0 Å². The highest BCUT2D eigenvalue weighted by atomic mass is 32.2. The van der Waals surface area contributed by atoms with Crippen LogP contribution in [0.5, 0.6) is 0 Å². The Morgan fingerprint density at radius 1 is 1.44 bits per heavy atom. The fourth-order valence-corrected chi connectivity index (χ4v) is 1.79. The van der Waals surface area contributed by atoms with Crippen molar-refractivity contribution in [3.8, 4) is 17.5 Å². The number of H-pyrrole nitrogens is 1. The summed E-state index contributed by atoms with van der Waals surface area (Å²) in [6, 6.07) is 7.67. The average molecular weight is 257 g/mol. The summed E-state index contributed by atoms with van der Waals surface area (Å²) in [6.45, 7) is 0. The fourth-order valence-electron chi connectivity index (χ4n) is 1.42. The summed E-state index contributed by atoms with van der Waals surface area (Å²) in [5.74, 6) is 0. The molecule has 0 atom stereocenters. The van der Waals surface area contributed by atoms with E-state index in [9.17, 15) is 0 Å². The van der Waals surface area contributed by atoms with E-state index in [1.165, 1.54) is 6.34 Å². The molecule has 0 saturated heterocycles. The number of rotatable bonds is 4. The highest BCUT2D eigenvalue weighted by Crippen LogP contribution is 2.22. The van der Waals surface area contributed by atoms with Gasteiger partial charge in [0.05, 0.1) is 17.6 Å². The third-order valence-electron chi connectivity index (χ3n) is 2.27. The van der Waals surface area contributed by atoms with Gasteiger partial charge in [0.2, 0.25) is 0 Å². The van der Waals surface area contributed by atoms with Gasteiger partial charge in [-0.1, -0.05) is 23.9 Å². The van der Waals surface area contributed by atoms with Crippen LogP contribution >= 0.6 is 11.8 Å². The van der Waals surface area contributed by atoms with Crippen molar-refractivity contribution in [3.63, 3.8) is 0 Å². The summed E-state index contributed by atoms with van der Waals surface area (Å²) >= 11 is 1.57. The van der Waals surface area contributed by atoms with Crippen LogP contribution in [0.15, 0.2) is 40.6 Å². The lowest BCUT2D eigenvalue weighted by Crippen LogP contribution is -1.98. The number of aromatic amines is 1. The van der Waals surface area contributed by atoms with Crippen LogP contribution in [0, 0.1) is 11.5 Å². The molecule has 0 spiro atoms. The first-order valence-corrected chi connectivity index (χ1v) is 6.42. The Kier molecular flexibility index (Phi) is 3.99. The average Bonchev–Trinajstić information content (AvgIpc) is 2.89. The summed E-state index contributed by atoms with van der Waals surface area (Å²) < 4.78 is 0. The zero-order valence-electron chi connectivity index (χ0n) is 9.71. The van der Waals surface area contributed by atoms with Crippen LogP contribution in [-0.2, 0) is 0 Å². The van der Waals surface area contributed by atoms with Gasteiger partial charge >= 0.3 is 0 Å². The number of thioether (sulfide) groups is 1. The summed E-state index contributed by atoms with van der Waals surface area (Å²) in [4.78, 5) is 11.5. The molecule has 1 aromatic heterocycles. The molecule has 0 amide bonds. The molecule has 2 N–H and O–H groups in total. The van der Waals surface area contributed by atoms with Crippen LogP contribution < -0.4 is 5.32 Å². The molecule has 6 heteroatoms. The minimum atomic E-state index is 0.783. The molecule has 2 aromatic rings. The number of nitriles is 1. The molecule has 18 heavy (non-hydrogen) atoms. The molecule has 5 nitrogen and oxygen atoms in total. The molecule has 0 radical (unpaired) electrons. The van der Waals surface area contributed by atoms with Crippen molar-refractivity contribution in [2.24, 2.45) is 4.99 Å². The second kappa shape index (κ2) is 5.89. The van der Waals surface area contributed by atoms with Gasteiger partial charge in [-0.05, 0) is 24.0 Å². The smallest absolute Gasteiger partial charge is 0.182 e. The summed E-state index contributed by atoms with van der Waals surface area (Å²) in [6.07, 6.45) is 6.91. The molecule has 0 aliphatic rings. The van der Waals surface area contributed by atoms with Crippen LogP contribution in [0.4, 0.5) is 5.69 Å². The Bertz CT molecular complexity index is 579. The monoisotopic (exact) mass is 257 g/mol. The van der Waals surface area contributed by atoms with E-state index in [0.29, 0.717) is 0 Å². The maximum atomic E-state index is 8.30. The lowest BCUT2D eigenvalue weighted by molar-refractivity contribution is 1.06. The molecule has 2 rings (SSSR count). The van der Waals surface area contributed by atoms with Crippen molar-refractivity contribution < 1.29 is 0 Å². The minimum Gasteiger partial charge on any atom is -0.333 e. The third kappa shape index (κ3) is 2.90. The van der Waals surface area contributed by atoms with Gasteiger partial charge in [0.15, 0.2) is 11.3 Å². The Morgan fingerprint density at radius 3 is 2.83 bits per heavy atom. The third-order valence-corrected chi connectivity index (χ3v) is 2.86. The Balaban J connectivity index is 2.14. The van der Waals surface area contributed by atoms with Crippen molar-refractivity contribution in [2.45, 2.75) is 5.16 Å². The van der Waals surface area contributed by atoms with Crippen molar-refractivity contribution in [1.82, 2.24) is 15.3 Å². The predicted octanol–water partition coefficient (Wildman–Crippen LogP) is 2.53. The van der Waals surface area contributed by atoms with E-state index in [0.717, 1.165) is 22.1 Å². The summed E-state index contributed by atoms with van der Waals surface area (Å²) in [7, 11) is 0.